The fourth-order valence-corrected chi connectivity index (χ4v) is 1.96. The number of nitriles is 1. The first-order valence-electron chi connectivity index (χ1n) is 6.01. The van der Waals surface area contributed by atoms with Gasteiger partial charge in [0.15, 0.2) is 0 Å². The van der Waals surface area contributed by atoms with E-state index in [-0.39, 0.29) is 0 Å². The van der Waals surface area contributed by atoms with Gasteiger partial charge >= 0.3 is 0 Å². The van der Waals surface area contributed by atoms with Crippen molar-refractivity contribution in [1.29, 1.82) is 5.26 Å². The van der Waals surface area contributed by atoms with E-state index < -0.39 is 0 Å². The summed E-state index contributed by atoms with van der Waals surface area (Å²) in [5.74, 6) is 0.714. The zero-order chi connectivity index (χ0) is 13.7. The molecule has 0 atom stereocenters. The number of halogens is 1. The van der Waals surface area contributed by atoms with Crippen LogP contribution in [0.2, 0.25) is 5.15 Å². The van der Waals surface area contributed by atoms with Crippen molar-refractivity contribution in [2.75, 3.05) is 5.32 Å². The van der Waals surface area contributed by atoms with E-state index in [1.54, 1.807) is 12.1 Å². The molecule has 1 N–H and O–H groups in total. The van der Waals surface area contributed by atoms with Crippen LogP contribution in [0.1, 0.15) is 24.5 Å². The predicted molar refractivity (Wildman–Crippen MR) is 75.5 cm³/mol. The maximum atomic E-state index is 8.76. The van der Waals surface area contributed by atoms with Gasteiger partial charge in [0.25, 0.3) is 0 Å². The highest BCUT2D eigenvalue weighted by atomic mass is 35.5. The van der Waals surface area contributed by atoms with E-state index >= 15 is 0 Å². The molecule has 1 aromatic heterocycles. The first-order chi connectivity index (χ1) is 9.24. The molecule has 0 aliphatic rings. The summed E-state index contributed by atoms with van der Waals surface area (Å²) in [6.07, 6.45) is 3.22. The lowest BCUT2D eigenvalue weighted by molar-refractivity contribution is 0.904. The lowest BCUT2D eigenvalue weighted by Gasteiger charge is -2.11. The second-order valence-electron chi connectivity index (χ2n) is 4.06. The molecule has 96 valence electrons. The van der Waals surface area contributed by atoms with Gasteiger partial charge in [-0.05, 0) is 30.7 Å². The minimum absolute atomic E-state index is 0.480. The minimum Gasteiger partial charge on any atom is -0.340 e. The Labute approximate surface area is 117 Å². The van der Waals surface area contributed by atoms with Crippen molar-refractivity contribution in [2.45, 2.75) is 19.8 Å². The molecule has 0 unspecified atom stereocenters. The van der Waals surface area contributed by atoms with Crippen LogP contribution in [0.25, 0.3) is 0 Å². The van der Waals surface area contributed by atoms with Gasteiger partial charge < -0.3 is 5.32 Å². The quantitative estimate of drug-likeness (QED) is 0.862. The topological polar surface area (TPSA) is 61.6 Å². The Morgan fingerprint density at radius 1 is 1.26 bits per heavy atom. The molecular formula is C14H13ClN4. The zero-order valence-electron chi connectivity index (χ0n) is 10.5. The Hall–Kier alpha value is -2.12. The van der Waals surface area contributed by atoms with Crippen molar-refractivity contribution >= 4 is 23.1 Å². The maximum Gasteiger partial charge on any atom is 0.138 e. The summed E-state index contributed by atoms with van der Waals surface area (Å²) >= 11 is 6.09. The van der Waals surface area contributed by atoms with Gasteiger partial charge in [-0.3, -0.25) is 0 Å². The van der Waals surface area contributed by atoms with Gasteiger partial charge in [0.2, 0.25) is 0 Å². The van der Waals surface area contributed by atoms with E-state index in [0.29, 0.717) is 16.5 Å². The molecule has 5 heteroatoms. The van der Waals surface area contributed by atoms with Gasteiger partial charge in [0, 0.05) is 11.3 Å². The lowest BCUT2D eigenvalue weighted by atomic mass is 10.1. The molecule has 1 aromatic carbocycles. The molecule has 0 aliphatic heterocycles. The van der Waals surface area contributed by atoms with Crippen molar-refractivity contribution in [1.82, 2.24) is 9.97 Å². The summed E-state index contributed by atoms with van der Waals surface area (Å²) in [6, 6.07) is 9.27. The number of anilines is 2. The van der Waals surface area contributed by atoms with Crippen LogP contribution in [0.5, 0.6) is 0 Å². The van der Waals surface area contributed by atoms with Crippen LogP contribution in [0, 0.1) is 11.3 Å². The van der Waals surface area contributed by atoms with Crippen molar-refractivity contribution in [2.24, 2.45) is 0 Å². The third-order valence-electron chi connectivity index (χ3n) is 2.67. The first kappa shape index (κ1) is 13.3. The highest BCUT2D eigenvalue weighted by Gasteiger charge is 2.09. The molecular weight excluding hydrogens is 260 g/mol. The highest BCUT2D eigenvalue weighted by Crippen LogP contribution is 2.24. The molecule has 0 spiro atoms. The molecule has 0 saturated heterocycles. The summed E-state index contributed by atoms with van der Waals surface area (Å²) < 4.78 is 0. The van der Waals surface area contributed by atoms with Crippen LogP contribution in [-0.4, -0.2) is 9.97 Å². The van der Waals surface area contributed by atoms with Crippen LogP contribution >= 0.6 is 11.6 Å². The fraction of sp³-hybridized carbons (Fsp3) is 0.214. The molecule has 0 aliphatic carbocycles. The summed E-state index contributed by atoms with van der Waals surface area (Å²) in [5.41, 5.74) is 2.40. The molecule has 0 amide bonds. The van der Waals surface area contributed by atoms with Crippen LogP contribution in [0.3, 0.4) is 0 Å². The standard InChI is InChI=1S/C14H13ClN4/c1-2-3-12-13(15)17-9-18-14(12)19-11-6-4-10(8-16)5-7-11/h4-7,9H,2-3H2,1H3,(H,17,18,19). The second-order valence-corrected chi connectivity index (χ2v) is 4.41. The molecule has 0 bridgehead atoms. The van der Waals surface area contributed by atoms with Crippen molar-refractivity contribution in [3.05, 3.63) is 46.9 Å². The van der Waals surface area contributed by atoms with Crippen LogP contribution in [-0.2, 0) is 6.42 Å². The zero-order valence-corrected chi connectivity index (χ0v) is 11.3. The Balaban J connectivity index is 2.27. The number of rotatable bonds is 4. The third-order valence-corrected chi connectivity index (χ3v) is 3.00. The normalized spacial score (nSPS) is 9.95. The SMILES string of the molecule is CCCc1c(Cl)ncnc1Nc1ccc(C#N)cc1. The van der Waals surface area contributed by atoms with Gasteiger partial charge in [-0.1, -0.05) is 24.9 Å². The Morgan fingerprint density at radius 2 is 2.00 bits per heavy atom. The lowest BCUT2D eigenvalue weighted by Crippen LogP contribution is -2.01. The summed E-state index contributed by atoms with van der Waals surface area (Å²) in [4.78, 5) is 8.22. The molecule has 0 fully saturated rings. The van der Waals surface area contributed by atoms with Crippen molar-refractivity contribution in [3.63, 3.8) is 0 Å². The average molecular weight is 273 g/mol. The van der Waals surface area contributed by atoms with Crippen molar-refractivity contribution < 1.29 is 0 Å². The van der Waals surface area contributed by atoms with Gasteiger partial charge in [0.05, 0.1) is 11.6 Å². The average Bonchev–Trinajstić information content (AvgIpc) is 2.43. The number of hydrogen-bond acceptors (Lipinski definition) is 4. The van der Waals surface area contributed by atoms with Gasteiger partial charge in [-0.15, -0.1) is 0 Å². The second kappa shape index (κ2) is 6.17. The molecule has 1 heterocycles. The van der Waals surface area contributed by atoms with Gasteiger partial charge in [-0.2, -0.15) is 5.26 Å². The number of benzene rings is 1. The molecule has 4 nitrogen and oxygen atoms in total. The van der Waals surface area contributed by atoms with E-state index in [0.717, 1.165) is 24.1 Å². The summed E-state index contributed by atoms with van der Waals surface area (Å²) in [5, 5.41) is 12.4. The highest BCUT2D eigenvalue weighted by molar-refractivity contribution is 6.30. The molecule has 2 rings (SSSR count). The van der Waals surface area contributed by atoms with Gasteiger partial charge in [-0.25, -0.2) is 9.97 Å². The van der Waals surface area contributed by atoms with Crippen LogP contribution < -0.4 is 5.32 Å². The van der Waals surface area contributed by atoms with Gasteiger partial charge in [0.1, 0.15) is 17.3 Å². The summed E-state index contributed by atoms with van der Waals surface area (Å²) in [7, 11) is 0. The number of aromatic nitrogens is 2. The van der Waals surface area contributed by atoms with E-state index in [9.17, 15) is 0 Å². The van der Waals surface area contributed by atoms with E-state index in [1.807, 2.05) is 12.1 Å². The predicted octanol–water partition coefficient (Wildman–Crippen LogP) is 3.70. The van der Waals surface area contributed by atoms with Crippen LogP contribution in [0.4, 0.5) is 11.5 Å². The number of nitrogens with one attached hydrogen (secondary N) is 1. The first-order valence-corrected chi connectivity index (χ1v) is 6.39. The fourth-order valence-electron chi connectivity index (χ4n) is 1.73. The van der Waals surface area contributed by atoms with Crippen molar-refractivity contribution in [3.8, 4) is 6.07 Å². The number of nitrogens with zero attached hydrogens (tertiary/aromatic N) is 3. The minimum atomic E-state index is 0.480. The van der Waals surface area contributed by atoms with E-state index in [2.05, 4.69) is 28.3 Å². The van der Waals surface area contributed by atoms with Crippen LogP contribution in [0.15, 0.2) is 30.6 Å². The molecule has 0 radical (unpaired) electrons. The Morgan fingerprint density at radius 3 is 2.63 bits per heavy atom. The monoisotopic (exact) mass is 272 g/mol. The number of hydrogen-bond donors (Lipinski definition) is 1. The molecule has 0 saturated carbocycles. The maximum absolute atomic E-state index is 8.76. The Kier molecular flexibility index (Phi) is 4.32. The third kappa shape index (κ3) is 3.21. The Bertz CT molecular complexity index is 602. The van der Waals surface area contributed by atoms with E-state index in [1.165, 1.54) is 6.33 Å². The van der Waals surface area contributed by atoms with E-state index in [4.69, 9.17) is 16.9 Å². The molecule has 19 heavy (non-hydrogen) atoms. The molecule has 2 aromatic rings. The smallest absolute Gasteiger partial charge is 0.138 e. The largest absolute Gasteiger partial charge is 0.340 e. The summed E-state index contributed by atoms with van der Waals surface area (Å²) in [6.45, 7) is 2.08.